The van der Waals surface area contributed by atoms with E-state index in [1.165, 1.54) is 24.3 Å². The quantitative estimate of drug-likeness (QED) is 0.138. The number of carbonyl (C=O) groups excluding carboxylic acids is 1. The lowest BCUT2D eigenvalue weighted by Gasteiger charge is -2.13. The molecule has 0 aliphatic carbocycles. The van der Waals surface area contributed by atoms with Crippen LogP contribution >= 0.6 is 0 Å². The van der Waals surface area contributed by atoms with Gasteiger partial charge in [0, 0.05) is 23.5 Å². The maximum absolute atomic E-state index is 13.9. The number of carbonyl (C=O) groups is 1. The number of hydrogen-bond acceptors (Lipinski definition) is 3. The van der Waals surface area contributed by atoms with Gasteiger partial charge in [-0.25, -0.2) is 31.1 Å². The first-order valence-electron chi connectivity index (χ1n) is 10.6. The summed E-state index contributed by atoms with van der Waals surface area (Å²) in [5.41, 5.74) is -0.180. The zero-order valence-corrected chi connectivity index (χ0v) is 19.1. The predicted octanol–water partition coefficient (Wildman–Crippen LogP) is 8.31. The molecule has 0 saturated heterocycles. The maximum atomic E-state index is 13.9. The fourth-order valence-electron chi connectivity index (χ4n) is 3.15. The lowest BCUT2D eigenvalue weighted by molar-refractivity contribution is 0.262. The molecule has 208 valence electrons. The van der Waals surface area contributed by atoms with Crippen LogP contribution < -0.4 is 20.1 Å². The van der Waals surface area contributed by atoms with E-state index in [-0.39, 0.29) is 11.4 Å². The zero-order valence-electron chi connectivity index (χ0n) is 19.1. The summed E-state index contributed by atoms with van der Waals surface area (Å²) < 4.78 is 145. The van der Waals surface area contributed by atoms with E-state index >= 15 is 0 Å². The molecule has 0 saturated carbocycles. The average molecular weight is 576 g/mol. The van der Waals surface area contributed by atoms with Gasteiger partial charge in [0.05, 0.1) is 0 Å². The lowest BCUT2D eigenvalue weighted by Crippen LogP contribution is -2.19. The Morgan fingerprint density at radius 3 is 1.10 bits per heavy atom. The molecule has 4 aromatic carbocycles. The summed E-state index contributed by atoms with van der Waals surface area (Å²) in [5, 5.41) is 4.52. The third-order valence-corrected chi connectivity index (χ3v) is 4.96. The van der Waals surface area contributed by atoms with Gasteiger partial charge in [-0.05, 0) is 24.3 Å². The molecule has 0 fully saturated rings. The smallest absolute Gasteiger partial charge is 0.323 e. The van der Waals surface area contributed by atoms with Crippen molar-refractivity contribution in [2.75, 3.05) is 10.6 Å². The summed E-state index contributed by atoms with van der Waals surface area (Å²) in [5.74, 6) is -26.6. The number of ether oxygens (including phenoxy) is 2. The minimum Gasteiger partial charge on any atom is -0.451 e. The Kier molecular flexibility index (Phi) is 7.74. The zero-order chi connectivity index (χ0) is 29.3. The average Bonchev–Trinajstić information content (AvgIpc) is 2.93. The number of anilines is 2. The Balaban J connectivity index is 1.48. The maximum Gasteiger partial charge on any atom is 0.323 e. The van der Waals surface area contributed by atoms with Crippen molar-refractivity contribution in [3.05, 3.63) is 107 Å². The molecule has 0 aromatic heterocycles. The van der Waals surface area contributed by atoms with E-state index in [9.17, 15) is 48.7 Å². The second-order valence-electron chi connectivity index (χ2n) is 7.64. The SMILES string of the molecule is O=C(Nc1cccc(Oc2c(F)c(F)c(F)c(F)c2F)c1)Nc1cccc(Oc2c(F)c(F)c(F)c(F)c2F)c1. The van der Waals surface area contributed by atoms with Crippen LogP contribution in [-0.4, -0.2) is 6.03 Å². The standard InChI is InChI=1S/C25H10F10N2O3/c26-13-15(28)19(32)23(20(33)16(13)29)39-11-5-1-3-9(7-11)36-25(38)37-10-4-2-6-12(8-10)40-24-21(34)17(30)14(27)18(31)22(24)35/h1-8H,(H2,36,37,38). The van der Waals surface area contributed by atoms with Crippen LogP contribution in [0.2, 0.25) is 0 Å². The Morgan fingerprint density at radius 1 is 0.475 bits per heavy atom. The van der Waals surface area contributed by atoms with Crippen molar-refractivity contribution in [1.82, 2.24) is 0 Å². The molecule has 0 aliphatic heterocycles. The minimum absolute atomic E-state index is 0.0901. The number of urea groups is 1. The van der Waals surface area contributed by atoms with Crippen molar-refractivity contribution in [3.8, 4) is 23.0 Å². The van der Waals surface area contributed by atoms with Gasteiger partial charge in [-0.3, -0.25) is 0 Å². The first-order valence-corrected chi connectivity index (χ1v) is 10.6. The Bertz CT molecular complexity index is 1470. The molecule has 2 amide bonds. The summed E-state index contributed by atoms with van der Waals surface area (Å²) in [6.07, 6.45) is 0. The summed E-state index contributed by atoms with van der Waals surface area (Å²) in [7, 11) is 0. The number of nitrogens with one attached hydrogen (secondary N) is 2. The molecule has 0 radical (unpaired) electrons. The van der Waals surface area contributed by atoms with Gasteiger partial charge in [-0.1, -0.05) is 12.1 Å². The highest BCUT2D eigenvalue weighted by Gasteiger charge is 2.28. The van der Waals surface area contributed by atoms with Crippen LogP contribution in [0.1, 0.15) is 0 Å². The van der Waals surface area contributed by atoms with E-state index < -0.39 is 87.2 Å². The van der Waals surface area contributed by atoms with Crippen molar-refractivity contribution < 1.29 is 58.2 Å². The monoisotopic (exact) mass is 576 g/mol. The number of halogens is 10. The molecular formula is C25H10F10N2O3. The van der Waals surface area contributed by atoms with Crippen molar-refractivity contribution in [2.45, 2.75) is 0 Å². The van der Waals surface area contributed by atoms with E-state index in [0.29, 0.717) is 0 Å². The van der Waals surface area contributed by atoms with Gasteiger partial charge in [0.2, 0.25) is 69.7 Å². The molecule has 0 bridgehead atoms. The lowest BCUT2D eigenvalue weighted by atomic mass is 10.2. The Labute approximate surface area is 216 Å². The van der Waals surface area contributed by atoms with E-state index in [4.69, 9.17) is 9.47 Å². The second-order valence-corrected chi connectivity index (χ2v) is 7.64. The molecule has 5 nitrogen and oxygen atoms in total. The topological polar surface area (TPSA) is 59.6 Å². The fourth-order valence-corrected chi connectivity index (χ4v) is 3.15. The summed E-state index contributed by atoms with van der Waals surface area (Å²) >= 11 is 0. The molecule has 4 aromatic rings. The van der Waals surface area contributed by atoms with Crippen molar-refractivity contribution in [1.29, 1.82) is 0 Å². The van der Waals surface area contributed by atoms with Gasteiger partial charge in [0.1, 0.15) is 11.5 Å². The molecule has 40 heavy (non-hydrogen) atoms. The number of hydrogen-bond donors (Lipinski definition) is 2. The van der Waals surface area contributed by atoms with Crippen LogP contribution in [0.3, 0.4) is 0 Å². The van der Waals surface area contributed by atoms with Crippen LogP contribution in [0.25, 0.3) is 0 Å². The summed E-state index contributed by atoms with van der Waals surface area (Å²) in [4.78, 5) is 12.4. The van der Waals surface area contributed by atoms with Crippen molar-refractivity contribution >= 4 is 17.4 Å². The molecule has 0 spiro atoms. The molecule has 0 heterocycles. The van der Waals surface area contributed by atoms with Crippen LogP contribution in [0.5, 0.6) is 23.0 Å². The molecule has 4 rings (SSSR count). The van der Waals surface area contributed by atoms with E-state index in [1.807, 2.05) is 0 Å². The highest BCUT2D eigenvalue weighted by atomic mass is 19.2. The van der Waals surface area contributed by atoms with E-state index in [2.05, 4.69) is 10.6 Å². The van der Waals surface area contributed by atoms with Crippen LogP contribution in [0.15, 0.2) is 48.5 Å². The van der Waals surface area contributed by atoms with Crippen molar-refractivity contribution in [3.63, 3.8) is 0 Å². The van der Waals surface area contributed by atoms with Gasteiger partial charge in [-0.2, -0.15) is 17.6 Å². The first kappa shape index (κ1) is 28.1. The normalized spacial score (nSPS) is 10.8. The van der Waals surface area contributed by atoms with Crippen LogP contribution in [-0.2, 0) is 0 Å². The van der Waals surface area contributed by atoms with Crippen molar-refractivity contribution in [2.24, 2.45) is 0 Å². The molecule has 15 heteroatoms. The van der Waals surface area contributed by atoms with E-state index in [1.54, 1.807) is 0 Å². The molecule has 2 N–H and O–H groups in total. The number of amides is 2. The Morgan fingerprint density at radius 2 is 0.775 bits per heavy atom. The van der Waals surface area contributed by atoms with Gasteiger partial charge < -0.3 is 20.1 Å². The van der Waals surface area contributed by atoms with Crippen LogP contribution in [0, 0.1) is 58.2 Å². The second kappa shape index (κ2) is 11.0. The summed E-state index contributed by atoms with van der Waals surface area (Å²) in [6, 6.07) is 8.05. The molecule has 0 atom stereocenters. The first-order chi connectivity index (χ1) is 18.9. The molecule has 0 unspecified atom stereocenters. The highest BCUT2D eigenvalue weighted by Crippen LogP contribution is 2.35. The molecular weight excluding hydrogens is 566 g/mol. The van der Waals surface area contributed by atoms with E-state index in [0.717, 1.165) is 24.3 Å². The van der Waals surface area contributed by atoms with Crippen LogP contribution in [0.4, 0.5) is 60.1 Å². The predicted molar refractivity (Wildman–Crippen MR) is 118 cm³/mol. The summed E-state index contributed by atoms with van der Waals surface area (Å²) in [6.45, 7) is 0. The number of benzene rings is 4. The fraction of sp³-hybridized carbons (Fsp3) is 0. The van der Waals surface area contributed by atoms with Gasteiger partial charge in [0.15, 0.2) is 0 Å². The largest absolute Gasteiger partial charge is 0.451 e. The van der Waals surface area contributed by atoms with Gasteiger partial charge in [-0.15, -0.1) is 0 Å². The minimum atomic E-state index is -2.38. The highest BCUT2D eigenvalue weighted by molar-refractivity contribution is 5.99. The Hall–Kier alpha value is -4.95. The van der Waals surface area contributed by atoms with Gasteiger partial charge in [0.25, 0.3) is 0 Å². The number of rotatable bonds is 6. The van der Waals surface area contributed by atoms with Gasteiger partial charge >= 0.3 is 6.03 Å². The molecule has 0 aliphatic rings. The third kappa shape index (κ3) is 5.43. The third-order valence-electron chi connectivity index (χ3n) is 4.96.